The van der Waals surface area contributed by atoms with Crippen molar-refractivity contribution in [2.45, 2.75) is 57.9 Å². The maximum absolute atomic E-state index is 5.86. The predicted octanol–water partition coefficient (Wildman–Crippen LogP) is 0.760. The minimum atomic E-state index is -0.0264. The molecule has 0 radical (unpaired) electrons. The Morgan fingerprint density at radius 2 is 2.47 bits per heavy atom. The Balaban J connectivity index is 2.14. The number of hydrogen-bond acceptors (Lipinski definition) is 5. The largest absolute Gasteiger partial charge is 0.373 e. The van der Waals surface area contributed by atoms with E-state index in [0.29, 0.717) is 6.10 Å². The number of ether oxygens (including phenoxy) is 1. The molecule has 3 N–H and O–H groups in total. The van der Waals surface area contributed by atoms with Crippen molar-refractivity contribution in [1.82, 2.24) is 20.4 Å². The van der Waals surface area contributed by atoms with E-state index < -0.39 is 0 Å². The van der Waals surface area contributed by atoms with Gasteiger partial charge >= 0.3 is 0 Å². The van der Waals surface area contributed by atoms with Crippen molar-refractivity contribution in [2.24, 2.45) is 5.84 Å². The summed E-state index contributed by atoms with van der Waals surface area (Å²) in [7, 11) is 0. The summed E-state index contributed by atoms with van der Waals surface area (Å²) in [5.74, 6) is 5.66. The Bertz CT molecular complexity index is 353. The molecule has 2 heterocycles. The molecule has 0 bridgehead atoms. The third-order valence-electron chi connectivity index (χ3n) is 3.22. The van der Waals surface area contributed by atoms with Gasteiger partial charge in [-0.1, -0.05) is 12.1 Å². The highest BCUT2D eigenvalue weighted by Gasteiger charge is 2.32. The van der Waals surface area contributed by atoms with E-state index >= 15 is 0 Å². The van der Waals surface area contributed by atoms with Crippen LogP contribution >= 0.6 is 0 Å². The summed E-state index contributed by atoms with van der Waals surface area (Å²) in [6.07, 6.45) is 5.32. The molecule has 0 spiro atoms. The molecule has 6 nitrogen and oxygen atoms in total. The third kappa shape index (κ3) is 2.65. The minimum absolute atomic E-state index is 0.0264. The first-order valence-electron chi connectivity index (χ1n) is 6.26. The second-order valence-corrected chi connectivity index (χ2v) is 4.59. The van der Waals surface area contributed by atoms with Crippen LogP contribution in [0.5, 0.6) is 0 Å². The van der Waals surface area contributed by atoms with Gasteiger partial charge in [0, 0.05) is 6.54 Å². The van der Waals surface area contributed by atoms with E-state index in [0.717, 1.165) is 31.5 Å². The number of aryl methyl sites for hydroxylation is 1. The van der Waals surface area contributed by atoms with Gasteiger partial charge < -0.3 is 4.74 Å². The molecule has 0 aromatic carbocycles. The second-order valence-electron chi connectivity index (χ2n) is 4.59. The molecule has 1 aromatic rings. The Labute approximate surface area is 101 Å². The summed E-state index contributed by atoms with van der Waals surface area (Å²) >= 11 is 0. The topological polar surface area (TPSA) is 78.0 Å². The summed E-state index contributed by atoms with van der Waals surface area (Å²) in [6.45, 7) is 5.06. The highest BCUT2D eigenvalue weighted by molar-refractivity contribution is 5.05. The van der Waals surface area contributed by atoms with Gasteiger partial charge in [0.15, 0.2) is 0 Å². The van der Waals surface area contributed by atoms with Crippen LogP contribution < -0.4 is 11.3 Å². The SMILES string of the molecule is CCCn1nncc1C(NN)C1CCC(C)O1. The number of aromatic nitrogens is 3. The van der Waals surface area contributed by atoms with Crippen molar-refractivity contribution in [3.8, 4) is 0 Å². The molecule has 1 aromatic heterocycles. The van der Waals surface area contributed by atoms with Crippen molar-refractivity contribution in [3.05, 3.63) is 11.9 Å². The zero-order valence-electron chi connectivity index (χ0n) is 10.5. The number of nitrogens with zero attached hydrogens (tertiary/aromatic N) is 3. The van der Waals surface area contributed by atoms with Gasteiger partial charge in [0.2, 0.25) is 0 Å². The van der Waals surface area contributed by atoms with Gasteiger partial charge in [-0.05, 0) is 26.2 Å². The monoisotopic (exact) mass is 239 g/mol. The molecule has 2 rings (SSSR count). The van der Waals surface area contributed by atoms with Gasteiger partial charge in [0.05, 0.1) is 30.1 Å². The third-order valence-corrected chi connectivity index (χ3v) is 3.22. The van der Waals surface area contributed by atoms with Gasteiger partial charge in [-0.2, -0.15) is 0 Å². The van der Waals surface area contributed by atoms with E-state index in [1.54, 1.807) is 6.20 Å². The molecule has 3 unspecified atom stereocenters. The first-order valence-corrected chi connectivity index (χ1v) is 6.26. The normalized spacial score (nSPS) is 26.3. The van der Waals surface area contributed by atoms with Crippen LogP contribution in [-0.4, -0.2) is 27.2 Å². The van der Waals surface area contributed by atoms with Crippen LogP contribution in [0.1, 0.15) is 44.8 Å². The molecule has 1 saturated heterocycles. The number of rotatable bonds is 5. The lowest BCUT2D eigenvalue weighted by molar-refractivity contribution is 0.0296. The summed E-state index contributed by atoms with van der Waals surface area (Å²) in [5, 5.41) is 8.04. The Hall–Kier alpha value is -0.980. The molecular formula is C11H21N5O. The fourth-order valence-corrected chi connectivity index (χ4v) is 2.35. The minimum Gasteiger partial charge on any atom is -0.373 e. The molecule has 96 valence electrons. The molecular weight excluding hydrogens is 218 g/mol. The molecule has 0 amide bonds. The Morgan fingerprint density at radius 1 is 1.65 bits per heavy atom. The average Bonchev–Trinajstić information content (AvgIpc) is 2.91. The lowest BCUT2D eigenvalue weighted by Gasteiger charge is -2.23. The van der Waals surface area contributed by atoms with Crippen molar-refractivity contribution < 1.29 is 4.74 Å². The van der Waals surface area contributed by atoms with Gasteiger partial charge in [0.25, 0.3) is 0 Å². The molecule has 17 heavy (non-hydrogen) atoms. The standard InChI is InChI=1S/C11H21N5O/c1-3-6-16-9(7-13-15-16)11(14-12)10-5-4-8(2)17-10/h7-8,10-11,14H,3-6,12H2,1-2H3. The van der Waals surface area contributed by atoms with E-state index in [4.69, 9.17) is 10.6 Å². The second kappa shape index (κ2) is 5.57. The smallest absolute Gasteiger partial charge is 0.0906 e. The van der Waals surface area contributed by atoms with Crippen molar-refractivity contribution in [2.75, 3.05) is 0 Å². The van der Waals surface area contributed by atoms with Crippen molar-refractivity contribution >= 4 is 0 Å². The van der Waals surface area contributed by atoms with Crippen LogP contribution in [0.15, 0.2) is 6.20 Å². The van der Waals surface area contributed by atoms with Crippen LogP contribution in [0.2, 0.25) is 0 Å². The first kappa shape index (κ1) is 12.5. The average molecular weight is 239 g/mol. The molecule has 0 aliphatic carbocycles. The molecule has 3 atom stereocenters. The number of nitrogens with two attached hydrogens (primary N) is 1. The van der Waals surface area contributed by atoms with Gasteiger partial charge in [-0.3, -0.25) is 5.84 Å². The van der Waals surface area contributed by atoms with Crippen LogP contribution in [0, 0.1) is 0 Å². The van der Waals surface area contributed by atoms with Crippen LogP contribution in [0.4, 0.5) is 0 Å². The van der Waals surface area contributed by atoms with Crippen LogP contribution in [-0.2, 0) is 11.3 Å². The van der Waals surface area contributed by atoms with E-state index in [1.807, 2.05) is 4.68 Å². The Morgan fingerprint density at radius 3 is 3.06 bits per heavy atom. The molecule has 1 aliphatic heterocycles. The zero-order chi connectivity index (χ0) is 12.3. The van der Waals surface area contributed by atoms with E-state index in [2.05, 4.69) is 29.6 Å². The quantitative estimate of drug-likeness (QED) is 0.586. The number of hydrazine groups is 1. The highest BCUT2D eigenvalue weighted by Crippen LogP contribution is 2.29. The fraction of sp³-hybridized carbons (Fsp3) is 0.818. The summed E-state index contributed by atoms with van der Waals surface area (Å²) in [6, 6.07) is -0.0264. The molecule has 0 saturated carbocycles. The lowest BCUT2D eigenvalue weighted by atomic mass is 10.1. The molecule has 1 aliphatic rings. The zero-order valence-corrected chi connectivity index (χ0v) is 10.5. The first-order chi connectivity index (χ1) is 8.26. The van der Waals surface area contributed by atoms with Gasteiger partial charge in [-0.25, -0.2) is 10.1 Å². The number of nitrogens with one attached hydrogen (secondary N) is 1. The Kier molecular flexibility index (Phi) is 4.09. The van der Waals surface area contributed by atoms with Gasteiger partial charge in [0.1, 0.15) is 0 Å². The van der Waals surface area contributed by atoms with Crippen molar-refractivity contribution in [1.29, 1.82) is 0 Å². The van der Waals surface area contributed by atoms with E-state index in [1.165, 1.54) is 0 Å². The van der Waals surface area contributed by atoms with Crippen LogP contribution in [0.3, 0.4) is 0 Å². The fourth-order valence-electron chi connectivity index (χ4n) is 2.35. The van der Waals surface area contributed by atoms with E-state index in [9.17, 15) is 0 Å². The van der Waals surface area contributed by atoms with E-state index in [-0.39, 0.29) is 12.1 Å². The molecule has 6 heteroatoms. The summed E-state index contributed by atoms with van der Waals surface area (Å²) < 4.78 is 7.76. The predicted molar refractivity (Wildman–Crippen MR) is 63.9 cm³/mol. The lowest BCUT2D eigenvalue weighted by Crippen LogP contribution is -2.38. The summed E-state index contributed by atoms with van der Waals surface area (Å²) in [5.41, 5.74) is 3.85. The number of hydrogen-bond donors (Lipinski definition) is 2. The maximum atomic E-state index is 5.86. The summed E-state index contributed by atoms with van der Waals surface area (Å²) in [4.78, 5) is 0. The van der Waals surface area contributed by atoms with Gasteiger partial charge in [-0.15, -0.1) is 5.10 Å². The maximum Gasteiger partial charge on any atom is 0.0906 e. The highest BCUT2D eigenvalue weighted by atomic mass is 16.5. The molecule has 1 fully saturated rings. The van der Waals surface area contributed by atoms with Crippen LogP contribution in [0.25, 0.3) is 0 Å². The van der Waals surface area contributed by atoms with Crippen molar-refractivity contribution in [3.63, 3.8) is 0 Å².